The van der Waals surface area contributed by atoms with Crippen LogP contribution in [0.3, 0.4) is 0 Å². The molecule has 2 aromatic carbocycles. The summed E-state index contributed by atoms with van der Waals surface area (Å²) in [7, 11) is 1.56. The lowest BCUT2D eigenvalue weighted by atomic mass is 9.95. The summed E-state index contributed by atoms with van der Waals surface area (Å²) >= 11 is 4.78. The van der Waals surface area contributed by atoms with Crippen molar-refractivity contribution in [3.8, 4) is 11.5 Å². The van der Waals surface area contributed by atoms with Crippen molar-refractivity contribution in [1.29, 1.82) is 0 Å². The van der Waals surface area contributed by atoms with E-state index in [1.165, 1.54) is 11.3 Å². The van der Waals surface area contributed by atoms with Crippen molar-refractivity contribution in [1.82, 2.24) is 4.57 Å². The summed E-state index contributed by atoms with van der Waals surface area (Å²) in [5.41, 5.74) is 2.02. The molecule has 3 aromatic rings. The smallest absolute Gasteiger partial charge is 0.338 e. The number of allylic oxidation sites excluding steroid dienone is 1. The largest absolute Gasteiger partial charge is 0.496 e. The summed E-state index contributed by atoms with van der Waals surface area (Å²) in [5.74, 6) is 0.735. The van der Waals surface area contributed by atoms with Crippen molar-refractivity contribution in [3.05, 3.63) is 102 Å². The molecule has 2 heterocycles. The fraction of sp³-hybridized carbons (Fsp3) is 0.250. The van der Waals surface area contributed by atoms with Gasteiger partial charge in [-0.05, 0) is 62.7 Å². The lowest BCUT2D eigenvalue weighted by Gasteiger charge is -2.26. The number of nitrogens with zero attached hydrogens (tertiary/aromatic N) is 2. The second-order valence-electron chi connectivity index (χ2n) is 8.59. The maximum absolute atomic E-state index is 13.8. The standard InChI is InChI=1S/C28H27BrN2O5S/c1-6-13-35-20-10-7-18(8-11-20)14-23-26(32)31-25(21-15-19(29)9-12-22(21)34-5)24(27(33)36-16(2)3)17(4)30-28(31)37-23/h6-12,14-16,25H,1,13H2,2-5H3/b23-14-/t25-/m1/s1. The predicted molar refractivity (Wildman–Crippen MR) is 148 cm³/mol. The Kier molecular flexibility index (Phi) is 8.14. The molecule has 1 aliphatic heterocycles. The number of hydrogen-bond acceptors (Lipinski definition) is 7. The van der Waals surface area contributed by atoms with Gasteiger partial charge in [0.15, 0.2) is 4.80 Å². The van der Waals surface area contributed by atoms with E-state index in [4.69, 9.17) is 14.2 Å². The maximum Gasteiger partial charge on any atom is 0.338 e. The average Bonchev–Trinajstić information content (AvgIpc) is 3.16. The van der Waals surface area contributed by atoms with Gasteiger partial charge in [-0.15, -0.1) is 0 Å². The van der Waals surface area contributed by atoms with Crippen LogP contribution in [0.4, 0.5) is 0 Å². The molecule has 9 heteroatoms. The number of benzene rings is 2. The SMILES string of the molecule is C=CCOc1ccc(/C=c2\sc3n(c2=O)[C@H](c2cc(Br)ccc2OC)C(C(=O)OC(C)C)=C(C)N=3)cc1. The van der Waals surface area contributed by atoms with E-state index in [9.17, 15) is 9.59 Å². The Bertz CT molecular complexity index is 1550. The normalized spacial score (nSPS) is 15.3. The molecule has 0 radical (unpaired) electrons. The van der Waals surface area contributed by atoms with Gasteiger partial charge in [-0.3, -0.25) is 9.36 Å². The number of halogens is 1. The molecule has 1 atom stereocenters. The molecule has 0 unspecified atom stereocenters. The van der Waals surface area contributed by atoms with Gasteiger partial charge in [0.25, 0.3) is 5.56 Å². The molecule has 0 aliphatic carbocycles. The van der Waals surface area contributed by atoms with Gasteiger partial charge >= 0.3 is 5.97 Å². The van der Waals surface area contributed by atoms with Crippen molar-refractivity contribution >= 4 is 39.3 Å². The molecule has 7 nitrogen and oxygen atoms in total. The first-order valence-corrected chi connectivity index (χ1v) is 13.2. The third-order valence-corrected chi connectivity index (χ3v) is 7.09. The van der Waals surface area contributed by atoms with Crippen LogP contribution < -0.4 is 24.4 Å². The fourth-order valence-electron chi connectivity index (χ4n) is 4.04. The van der Waals surface area contributed by atoms with Crippen molar-refractivity contribution in [2.45, 2.75) is 32.9 Å². The maximum atomic E-state index is 13.8. The molecule has 0 N–H and O–H groups in total. The Labute approximate surface area is 227 Å². The Hall–Kier alpha value is -3.43. The summed E-state index contributed by atoms with van der Waals surface area (Å²) in [4.78, 5) is 32.2. The summed E-state index contributed by atoms with van der Waals surface area (Å²) in [6.45, 7) is 9.39. The highest BCUT2D eigenvalue weighted by Gasteiger charge is 2.35. The fourth-order valence-corrected chi connectivity index (χ4v) is 5.47. The molecule has 0 saturated heterocycles. The van der Waals surface area contributed by atoms with E-state index >= 15 is 0 Å². The van der Waals surface area contributed by atoms with E-state index in [0.29, 0.717) is 44.3 Å². The minimum atomic E-state index is -0.772. The summed E-state index contributed by atoms with van der Waals surface area (Å²) < 4.78 is 19.6. The predicted octanol–water partition coefficient (Wildman–Crippen LogP) is 4.52. The van der Waals surface area contributed by atoms with Gasteiger partial charge in [-0.25, -0.2) is 9.79 Å². The molecule has 0 spiro atoms. The molecular weight excluding hydrogens is 556 g/mol. The molecule has 37 heavy (non-hydrogen) atoms. The van der Waals surface area contributed by atoms with Gasteiger partial charge in [0.1, 0.15) is 24.1 Å². The first-order chi connectivity index (χ1) is 17.7. The zero-order chi connectivity index (χ0) is 26.7. The first kappa shape index (κ1) is 26.6. The van der Waals surface area contributed by atoms with Crippen LogP contribution in [-0.2, 0) is 9.53 Å². The minimum Gasteiger partial charge on any atom is -0.496 e. The molecule has 4 rings (SSSR count). The monoisotopic (exact) mass is 582 g/mol. The summed E-state index contributed by atoms with van der Waals surface area (Å²) in [5, 5.41) is 0. The van der Waals surface area contributed by atoms with Gasteiger partial charge in [0.2, 0.25) is 0 Å². The van der Waals surface area contributed by atoms with Crippen LogP contribution in [0.15, 0.2) is 80.6 Å². The second kappa shape index (κ2) is 11.3. The van der Waals surface area contributed by atoms with E-state index in [2.05, 4.69) is 27.5 Å². The number of esters is 1. The number of aromatic nitrogens is 1. The van der Waals surface area contributed by atoms with Gasteiger partial charge in [-0.1, -0.05) is 52.1 Å². The van der Waals surface area contributed by atoms with E-state index in [-0.39, 0.29) is 11.7 Å². The number of carbonyl (C=O) groups excluding carboxylic acids is 1. The van der Waals surface area contributed by atoms with Gasteiger partial charge in [0.05, 0.1) is 29.0 Å². The molecule has 1 aromatic heterocycles. The Balaban J connectivity index is 1.90. The zero-order valence-electron chi connectivity index (χ0n) is 21.0. The number of methoxy groups -OCH3 is 1. The number of hydrogen-bond donors (Lipinski definition) is 0. The lowest BCUT2D eigenvalue weighted by Crippen LogP contribution is -2.40. The van der Waals surface area contributed by atoms with Crippen LogP contribution in [0.5, 0.6) is 11.5 Å². The molecule has 0 bridgehead atoms. The first-order valence-electron chi connectivity index (χ1n) is 11.6. The number of carbonyl (C=O) groups is 1. The van der Waals surface area contributed by atoms with Crippen LogP contribution in [0.25, 0.3) is 6.08 Å². The van der Waals surface area contributed by atoms with Crippen molar-refractivity contribution < 1.29 is 19.0 Å². The van der Waals surface area contributed by atoms with Crippen molar-refractivity contribution in [2.24, 2.45) is 4.99 Å². The third-order valence-electron chi connectivity index (χ3n) is 5.62. The molecule has 1 aliphatic rings. The van der Waals surface area contributed by atoms with Crippen molar-refractivity contribution in [2.75, 3.05) is 13.7 Å². The van der Waals surface area contributed by atoms with Crippen LogP contribution in [0.2, 0.25) is 0 Å². The minimum absolute atomic E-state index is 0.259. The van der Waals surface area contributed by atoms with Crippen LogP contribution in [-0.4, -0.2) is 30.4 Å². The lowest BCUT2D eigenvalue weighted by molar-refractivity contribution is -0.143. The van der Waals surface area contributed by atoms with E-state index < -0.39 is 12.0 Å². The van der Waals surface area contributed by atoms with Crippen molar-refractivity contribution in [3.63, 3.8) is 0 Å². The van der Waals surface area contributed by atoms with Gasteiger partial charge < -0.3 is 14.2 Å². The molecule has 0 amide bonds. The van der Waals surface area contributed by atoms with E-state index in [1.807, 2.05) is 42.5 Å². The zero-order valence-corrected chi connectivity index (χ0v) is 23.4. The second-order valence-corrected chi connectivity index (χ2v) is 10.5. The Morgan fingerprint density at radius 2 is 1.97 bits per heavy atom. The molecule has 0 fully saturated rings. The van der Waals surface area contributed by atoms with Gasteiger partial charge in [0, 0.05) is 10.0 Å². The quantitative estimate of drug-likeness (QED) is 0.288. The number of rotatable bonds is 8. The number of thiazole rings is 1. The highest BCUT2D eigenvalue weighted by Crippen LogP contribution is 2.37. The highest BCUT2D eigenvalue weighted by atomic mass is 79.9. The highest BCUT2D eigenvalue weighted by molar-refractivity contribution is 9.10. The topological polar surface area (TPSA) is 79.1 Å². The summed E-state index contributed by atoms with van der Waals surface area (Å²) in [6, 6.07) is 12.2. The molecular formula is C28H27BrN2O5S. The van der Waals surface area contributed by atoms with Crippen LogP contribution in [0, 0.1) is 0 Å². The average molecular weight is 584 g/mol. The molecule has 192 valence electrons. The Morgan fingerprint density at radius 1 is 1.24 bits per heavy atom. The number of fused-ring (bicyclic) bond motifs is 1. The van der Waals surface area contributed by atoms with Gasteiger partial charge in [-0.2, -0.15) is 0 Å². The van der Waals surface area contributed by atoms with Crippen LogP contribution in [0.1, 0.15) is 37.9 Å². The third kappa shape index (κ3) is 5.62. The Morgan fingerprint density at radius 3 is 2.62 bits per heavy atom. The number of ether oxygens (including phenoxy) is 3. The summed E-state index contributed by atoms with van der Waals surface area (Å²) in [6.07, 6.45) is 3.15. The van der Waals surface area contributed by atoms with E-state index in [0.717, 1.165) is 10.0 Å². The van der Waals surface area contributed by atoms with Crippen LogP contribution >= 0.6 is 27.3 Å². The van der Waals surface area contributed by atoms with E-state index in [1.54, 1.807) is 44.6 Å². The molecule has 0 saturated carbocycles.